The first-order valence-electron chi connectivity index (χ1n) is 5.48. The van der Waals surface area contributed by atoms with Crippen LogP contribution in [0.3, 0.4) is 0 Å². The van der Waals surface area contributed by atoms with Gasteiger partial charge in [-0.05, 0) is 6.92 Å². The molecule has 1 aromatic heterocycles. The molecule has 7 nitrogen and oxygen atoms in total. The van der Waals surface area contributed by atoms with Crippen molar-refractivity contribution in [3.05, 3.63) is 11.7 Å². The Morgan fingerprint density at radius 1 is 1.65 bits per heavy atom. The first-order chi connectivity index (χ1) is 8.07. The molecule has 2 heterocycles. The van der Waals surface area contributed by atoms with Gasteiger partial charge in [0.1, 0.15) is 6.61 Å². The van der Waals surface area contributed by atoms with Crippen LogP contribution in [-0.2, 0) is 16.1 Å². The monoisotopic (exact) mass is 240 g/mol. The summed E-state index contributed by atoms with van der Waals surface area (Å²) in [5.41, 5.74) is -0.208. The Morgan fingerprint density at radius 3 is 2.94 bits per heavy atom. The minimum absolute atomic E-state index is 0.0506. The van der Waals surface area contributed by atoms with E-state index in [-0.39, 0.29) is 24.7 Å². The number of carbonyl (C=O) groups is 1. The van der Waals surface area contributed by atoms with Crippen molar-refractivity contribution in [2.75, 3.05) is 19.7 Å². The molecule has 2 N–H and O–H groups in total. The van der Waals surface area contributed by atoms with Gasteiger partial charge < -0.3 is 19.9 Å². The summed E-state index contributed by atoms with van der Waals surface area (Å²) in [6.07, 6.45) is 0. The number of nitrogens with zero attached hydrogens (tertiary/aromatic N) is 2. The summed E-state index contributed by atoms with van der Waals surface area (Å²) in [6, 6.07) is 0. The average Bonchev–Trinajstić information content (AvgIpc) is 2.67. The second-order valence-corrected chi connectivity index (χ2v) is 4.35. The summed E-state index contributed by atoms with van der Waals surface area (Å²) in [4.78, 5) is 15.4. The van der Waals surface area contributed by atoms with Crippen molar-refractivity contribution in [3.8, 4) is 0 Å². The lowest BCUT2D eigenvalue weighted by Gasteiger charge is -2.38. The SMILES string of the molecule is Cc1nc(CNC(=O)COC2(C)CNC2)no1. The topological polar surface area (TPSA) is 89.3 Å². The smallest absolute Gasteiger partial charge is 0.246 e. The molecule has 1 saturated heterocycles. The normalized spacial score (nSPS) is 17.5. The number of hydrogen-bond acceptors (Lipinski definition) is 6. The summed E-state index contributed by atoms with van der Waals surface area (Å²) in [5.74, 6) is 0.770. The van der Waals surface area contributed by atoms with Crippen LogP contribution in [0.4, 0.5) is 0 Å². The van der Waals surface area contributed by atoms with Crippen molar-refractivity contribution in [3.63, 3.8) is 0 Å². The third-order valence-electron chi connectivity index (χ3n) is 2.56. The number of hydrogen-bond donors (Lipinski definition) is 2. The summed E-state index contributed by atoms with van der Waals surface area (Å²) in [5, 5.41) is 9.43. The second kappa shape index (κ2) is 4.80. The highest BCUT2D eigenvalue weighted by molar-refractivity contribution is 5.77. The summed E-state index contributed by atoms with van der Waals surface area (Å²) in [7, 11) is 0. The van der Waals surface area contributed by atoms with Crippen molar-refractivity contribution in [1.29, 1.82) is 0 Å². The Hall–Kier alpha value is -1.47. The molecular formula is C10H16N4O3. The predicted molar refractivity (Wildman–Crippen MR) is 58.1 cm³/mol. The third-order valence-corrected chi connectivity index (χ3v) is 2.56. The lowest BCUT2D eigenvalue weighted by molar-refractivity contribution is -0.136. The molecule has 2 rings (SSSR count). The molecule has 0 atom stereocenters. The molecule has 94 valence electrons. The van der Waals surface area contributed by atoms with E-state index in [0.29, 0.717) is 11.7 Å². The largest absolute Gasteiger partial charge is 0.363 e. The van der Waals surface area contributed by atoms with Crippen LogP contribution in [0.5, 0.6) is 0 Å². The van der Waals surface area contributed by atoms with Crippen molar-refractivity contribution < 1.29 is 14.1 Å². The van der Waals surface area contributed by atoms with Crippen LogP contribution in [0.1, 0.15) is 18.6 Å². The van der Waals surface area contributed by atoms with Crippen molar-refractivity contribution in [2.45, 2.75) is 26.0 Å². The van der Waals surface area contributed by atoms with Crippen molar-refractivity contribution in [2.24, 2.45) is 0 Å². The molecule has 0 spiro atoms. The molecule has 1 aromatic rings. The van der Waals surface area contributed by atoms with E-state index in [2.05, 4.69) is 20.8 Å². The zero-order valence-electron chi connectivity index (χ0n) is 9.95. The molecule has 17 heavy (non-hydrogen) atoms. The Balaban J connectivity index is 1.67. The van der Waals surface area contributed by atoms with Gasteiger partial charge in [0.15, 0.2) is 5.82 Å². The molecule has 0 unspecified atom stereocenters. The number of nitrogens with one attached hydrogen (secondary N) is 2. The highest BCUT2D eigenvalue weighted by Gasteiger charge is 2.32. The van der Waals surface area contributed by atoms with E-state index in [1.165, 1.54) is 0 Å². The fourth-order valence-corrected chi connectivity index (χ4v) is 1.46. The average molecular weight is 240 g/mol. The van der Waals surface area contributed by atoms with E-state index in [4.69, 9.17) is 9.26 Å². The van der Waals surface area contributed by atoms with E-state index in [9.17, 15) is 4.79 Å². The molecule has 0 bridgehead atoms. The first kappa shape index (κ1) is 12.0. The summed E-state index contributed by atoms with van der Waals surface area (Å²) >= 11 is 0. The summed E-state index contributed by atoms with van der Waals surface area (Å²) < 4.78 is 10.3. The molecular weight excluding hydrogens is 224 g/mol. The highest BCUT2D eigenvalue weighted by atomic mass is 16.5. The Kier molecular flexibility index (Phi) is 3.39. The molecule has 1 amide bonds. The standard InChI is InChI=1S/C10H16N4O3/c1-7-13-8(14-17-7)3-12-9(15)4-16-10(2)5-11-6-10/h11H,3-6H2,1-2H3,(H,12,15). The van der Waals surface area contributed by atoms with Gasteiger partial charge in [0.05, 0.1) is 12.1 Å². The van der Waals surface area contributed by atoms with Gasteiger partial charge >= 0.3 is 0 Å². The number of rotatable bonds is 5. The Labute approximate surface area is 98.9 Å². The quantitative estimate of drug-likeness (QED) is 0.712. The fourth-order valence-electron chi connectivity index (χ4n) is 1.46. The maximum absolute atomic E-state index is 11.5. The van der Waals surface area contributed by atoms with Crippen LogP contribution in [0.2, 0.25) is 0 Å². The van der Waals surface area contributed by atoms with Gasteiger partial charge in [-0.1, -0.05) is 5.16 Å². The molecule has 0 saturated carbocycles. The number of ether oxygens (including phenoxy) is 1. The third kappa shape index (κ3) is 3.24. The summed E-state index contributed by atoms with van der Waals surface area (Å²) in [6.45, 7) is 5.54. The van der Waals surface area contributed by atoms with Crippen molar-refractivity contribution >= 4 is 5.91 Å². The van der Waals surface area contributed by atoms with E-state index >= 15 is 0 Å². The maximum Gasteiger partial charge on any atom is 0.246 e. The van der Waals surface area contributed by atoms with Crippen LogP contribution >= 0.6 is 0 Å². The van der Waals surface area contributed by atoms with Crippen molar-refractivity contribution in [1.82, 2.24) is 20.8 Å². The van der Waals surface area contributed by atoms with E-state index in [1.54, 1.807) is 6.92 Å². The van der Waals surface area contributed by atoms with Gasteiger partial charge in [0, 0.05) is 20.0 Å². The van der Waals surface area contributed by atoms with Gasteiger partial charge in [-0.25, -0.2) is 0 Å². The minimum atomic E-state index is -0.208. The highest BCUT2D eigenvalue weighted by Crippen LogP contribution is 2.14. The predicted octanol–water partition coefficient (Wildman–Crippen LogP) is -0.627. The van der Waals surface area contributed by atoms with Gasteiger partial charge in [-0.3, -0.25) is 4.79 Å². The molecule has 0 aromatic carbocycles. The van der Waals surface area contributed by atoms with Crippen LogP contribution in [0.15, 0.2) is 4.52 Å². The molecule has 0 aliphatic carbocycles. The molecule has 0 radical (unpaired) electrons. The molecule has 1 aliphatic rings. The van der Waals surface area contributed by atoms with E-state index < -0.39 is 0 Å². The first-order valence-corrected chi connectivity index (χ1v) is 5.48. The number of amides is 1. The lowest BCUT2D eigenvalue weighted by Crippen LogP contribution is -2.59. The minimum Gasteiger partial charge on any atom is -0.363 e. The zero-order chi connectivity index (χ0) is 12.3. The van der Waals surface area contributed by atoms with Crippen LogP contribution in [0.25, 0.3) is 0 Å². The fraction of sp³-hybridized carbons (Fsp3) is 0.700. The number of aryl methyl sites for hydroxylation is 1. The number of carbonyl (C=O) groups excluding carboxylic acids is 1. The maximum atomic E-state index is 11.5. The molecule has 1 fully saturated rings. The van der Waals surface area contributed by atoms with E-state index in [0.717, 1.165) is 13.1 Å². The van der Waals surface area contributed by atoms with Crippen LogP contribution in [0, 0.1) is 6.92 Å². The van der Waals surface area contributed by atoms with Gasteiger partial charge in [0.25, 0.3) is 0 Å². The van der Waals surface area contributed by atoms with Gasteiger partial charge in [-0.2, -0.15) is 4.98 Å². The Morgan fingerprint density at radius 2 is 2.41 bits per heavy atom. The second-order valence-electron chi connectivity index (χ2n) is 4.35. The Bertz CT molecular complexity index is 400. The van der Waals surface area contributed by atoms with Crippen LogP contribution in [-0.4, -0.2) is 41.3 Å². The molecule has 7 heteroatoms. The van der Waals surface area contributed by atoms with Gasteiger partial charge in [-0.15, -0.1) is 0 Å². The van der Waals surface area contributed by atoms with Gasteiger partial charge in [0.2, 0.25) is 11.8 Å². The van der Waals surface area contributed by atoms with E-state index in [1.807, 2.05) is 6.92 Å². The zero-order valence-corrected chi connectivity index (χ0v) is 9.95. The van der Waals surface area contributed by atoms with Crippen LogP contribution < -0.4 is 10.6 Å². The lowest BCUT2D eigenvalue weighted by atomic mass is 10.0. The molecule has 1 aliphatic heterocycles. The number of aromatic nitrogens is 2.